The van der Waals surface area contributed by atoms with E-state index >= 15 is 0 Å². The maximum absolute atomic E-state index is 13.0. The van der Waals surface area contributed by atoms with E-state index < -0.39 is 42.7 Å². The Morgan fingerprint density at radius 2 is 1.90 bits per heavy atom. The lowest BCUT2D eigenvalue weighted by molar-refractivity contribution is -0.153. The molecule has 0 radical (unpaired) electrons. The van der Waals surface area contributed by atoms with Gasteiger partial charge < -0.3 is 9.47 Å². The van der Waals surface area contributed by atoms with Gasteiger partial charge in [0.25, 0.3) is 0 Å². The van der Waals surface area contributed by atoms with Crippen LogP contribution in [0.3, 0.4) is 0 Å². The monoisotopic (exact) mass is 294 g/mol. The van der Waals surface area contributed by atoms with E-state index in [0.29, 0.717) is 6.07 Å². The molecular weight excluding hydrogens is 284 g/mol. The number of rotatable bonds is 5. The number of carbonyl (C=O) groups excluding carboxylic acids is 2. The van der Waals surface area contributed by atoms with Gasteiger partial charge in [-0.3, -0.25) is 9.59 Å². The van der Waals surface area contributed by atoms with Crippen LogP contribution in [0.2, 0.25) is 0 Å². The summed E-state index contributed by atoms with van der Waals surface area (Å²) < 4.78 is 58.0. The third-order valence-corrected chi connectivity index (χ3v) is 2.04. The molecule has 0 amide bonds. The molecule has 0 N–H and O–H groups in total. The molecule has 8 heteroatoms. The van der Waals surface area contributed by atoms with Gasteiger partial charge in [-0.1, -0.05) is 0 Å². The van der Waals surface area contributed by atoms with Crippen LogP contribution in [0.15, 0.2) is 18.2 Å². The summed E-state index contributed by atoms with van der Waals surface area (Å²) in [6.07, 6.45) is -4.62. The highest BCUT2D eigenvalue weighted by molar-refractivity contribution is 6.00. The van der Waals surface area contributed by atoms with Gasteiger partial charge in [0, 0.05) is 13.0 Å². The molecule has 4 nitrogen and oxygen atoms in total. The zero-order chi connectivity index (χ0) is 15.3. The molecule has 1 rings (SSSR count). The number of esters is 1. The number of Topliss-reactive ketones (excluding diaryl/α,β-unsaturated/α-hetero) is 1. The topological polar surface area (TPSA) is 52.6 Å². The van der Waals surface area contributed by atoms with Crippen LogP contribution in [0, 0.1) is 5.82 Å². The van der Waals surface area contributed by atoms with Crippen molar-refractivity contribution >= 4 is 11.8 Å². The summed E-state index contributed by atoms with van der Waals surface area (Å²) in [5.41, 5.74) is -0.295. The zero-order valence-electron chi connectivity index (χ0n) is 10.3. The highest BCUT2D eigenvalue weighted by Gasteiger charge is 2.29. The highest BCUT2D eigenvalue weighted by atomic mass is 19.4. The molecular formula is C12H10F4O4. The van der Waals surface area contributed by atoms with Gasteiger partial charge in [0.15, 0.2) is 13.2 Å². The smallest absolute Gasteiger partial charge is 0.422 e. The predicted octanol–water partition coefficient (Wildman–Crippen LogP) is 2.51. The molecule has 0 bridgehead atoms. The van der Waals surface area contributed by atoms with Crippen molar-refractivity contribution in [2.45, 2.75) is 13.1 Å². The van der Waals surface area contributed by atoms with E-state index in [9.17, 15) is 27.2 Å². The van der Waals surface area contributed by atoms with Gasteiger partial charge in [-0.2, -0.15) is 13.2 Å². The number of hydrogen-bond acceptors (Lipinski definition) is 4. The minimum Gasteiger partial charge on any atom is -0.483 e. The molecule has 0 saturated carbocycles. The van der Waals surface area contributed by atoms with Crippen LogP contribution in [0.25, 0.3) is 0 Å². The summed E-state index contributed by atoms with van der Waals surface area (Å²) in [5.74, 6) is -2.93. The third kappa shape index (κ3) is 5.25. The van der Waals surface area contributed by atoms with Crippen molar-refractivity contribution in [2.75, 3.05) is 13.2 Å². The Hall–Kier alpha value is -2.12. The van der Waals surface area contributed by atoms with Gasteiger partial charge in [0.2, 0.25) is 5.78 Å². The Morgan fingerprint density at radius 1 is 1.25 bits per heavy atom. The van der Waals surface area contributed by atoms with Crippen LogP contribution in [-0.4, -0.2) is 31.1 Å². The van der Waals surface area contributed by atoms with E-state index in [1.807, 2.05) is 0 Å². The molecule has 0 aromatic heterocycles. The number of halogens is 4. The zero-order valence-corrected chi connectivity index (χ0v) is 10.3. The van der Waals surface area contributed by atoms with E-state index in [1.165, 1.54) is 0 Å². The van der Waals surface area contributed by atoms with Crippen LogP contribution in [0.5, 0.6) is 5.75 Å². The maximum Gasteiger partial charge on any atom is 0.422 e. The number of ether oxygens (including phenoxy) is 2. The Labute approximate surface area is 111 Å². The summed E-state index contributed by atoms with van der Waals surface area (Å²) >= 11 is 0. The van der Waals surface area contributed by atoms with Gasteiger partial charge in [-0.15, -0.1) is 0 Å². The van der Waals surface area contributed by atoms with Crippen molar-refractivity contribution in [1.82, 2.24) is 0 Å². The number of alkyl halides is 3. The van der Waals surface area contributed by atoms with Gasteiger partial charge in [-0.05, 0) is 12.1 Å². The van der Waals surface area contributed by atoms with Crippen molar-refractivity contribution in [1.29, 1.82) is 0 Å². The van der Waals surface area contributed by atoms with Gasteiger partial charge >= 0.3 is 12.1 Å². The average molecular weight is 294 g/mol. The van der Waals surface area contributed by atoms with E-state index in [4.69, 9.17) is 0 Å². The summed E-state index contributed by atoms with van der Waals surface area (Å²) in [6, 6.07) is 2.51. The first-order valence-corrected chi connectivity index (χ1v) is 5.34. The van der Waals surface area contributed by atoms with Crippen molar-refractivity contribution in [3.8, 4) is 5.75 Å². The van der Waals surface area contributed by atoms with Crippen LogP contribution >= 0.6 is 0 Å². The molecule has 1 aromatic rings. The SMILES string of the molecule is CC(=O)OCC(=O)c1ccc(F)cc1OCC(F)(F)F. The van der Waals surface area contributed by atoms with Crippen molar-refractivity contribution < 1.29 is 36.6 Å². The largest absolute Gasteiger partial charge is 0.483 e. The number of hydrogen-bond donors (Lipinski definition) is 0. The summed E-state index contributed by atoms with van der Waals surface area (Å²) in [4.78, 5) is 22.2. The summed E-state index contributed by atoms with van der Waals surface area (Å²) in [7, 11) is 0. The Morgan fingerprint density at radius 3 is 2.45 bits per heavy atom. The lowest BCUT2D eigenvalue weighted by atomic mass is 10.1. The first-order chi connectivity index (χ1) is 9.19. The van der Waals surface area contributed by atoms with Crippen LogP contribution < -0.4 is 4.74 Å². The fourth-order valence-electron chi connectivity index (χ4n) is 1.25. The standard InChI is InChI=1S/C12H10F4O4/c1-7(17)19-5-10(18)9-3-2-8(13)4-11(9)20-6-12(14,15)16/h2-4H,5-6H2,1H3. The first kappa shape index (κ1) is 15.9. The lowest BCUT2D eigenvalue weighted by Crippen LogP contribution is -2.21. The number of carbonyl (C=O) groups is 2. The molecule has 0 aliphatic carbocycles. The minimum absolute atomic E-state index is 0.295. The molecule has 0 saturated heterocycles. The second-order valence-corrected chi connectivity index (χ2v) is 3.75. The summed E-state index contributed by atoms with van der Waals surface area (Å²) in [5, 5.41) is 0. The van der Waals surface area contributed by atoms with E-state index in [0.717, 1.165) is 19.1 Å². The normalized spacial score (nSPS) is 11.1. The van der Waals surface area contributed by atoms with E-state index in [2.05, 4.69) is 9.47 Å². The van der Waals surface area contributed by atoms with Crippen molar-refractivity contribution in [3.05, 3.63) is 29.6 Å². The highest BCUT2D eigenvalue weighted by Crippen LogP contribution is 2.24. The minimum atomic E-state index is -4.62. The second-order valence-electron chi connectivity index (χ2n) is 3.75. The first-order valence-electron chi connectivity index (χ1n) is 5.34. The molecule has 0 atom stereocenters. The van der Waals surface area contributed by atoms with Gasteiger partial charge in [-0.25, -0.2) is 4.39 Å². The molecule has 0 unspecified atom stereocenters. The van der Waals surface area contributed by atoms with E-state index in [1.54, 1.807) is 0 Å². The van der Waals surface area contributed by atoms with Crippen molar-refractivity contribution in [3.63, 3.8) is 0 Å². The quantitative estimate of drug-likeness (QED) is 0.476. The molecule has 1 aromatic carbocycles. The van der Waals surface area contributed by atoms with Crippen molar-refractivity contribution in [2.24, 2.45) is 0 Å². The lowest BCUT2D eigenvalue weighted by Gasteiger charge is -2.12. The Bertz CT molecular complexity index is 511. The molecule has 0 heterocycles. The molecule has 0 fully saturated rings. The second kappa shape index (κ2) is 6.36. The molecule has 0 aliphatic rings. The maximum atomic E-state index is 13.0. The average Bonchev–Trinajstić information content (AvgIpc) is 2.32. The third-order valence-electron chi connectivity index (χ3n) is 2.04. The van der Waals surface area contributed by atoms with Crippen LogP contribution in [-0.2, 0) is 9.53 Å². The van der Waals surface area contributed by atoms with Gasteiger partial charge in [0.05, 0.1) is 5.56 Å². The molecule has 0 spiro atoms. The number of benzene rings is 1. The fourth-order valence-corrected chi connectivity index (χ4v) is 1.25. The van der Waals surface area contributed by atoms with E-state index in [-0.39, 0.29) is 5.56 Å². The van der Waals surface area contributed by atoms with Crippen LogP contribution in [0.4, 0.5) is 17.6 Å². The molecule has 0 aliphatic heterocycles. The molecule has 20 heavy (non-hydrogen) atoms. The number of ketones is 1. The Balaban J connectivity index is 2.89. The van der Waals surface area contributed by atoms with Gasteiger partial charge in [0.1, 0.15) is 11.6 Å². The summed E-state index contributed by atoms with van der Waals surface area (Å²) in [6.45, 7) is -1.26. The van der Waals surface area contributed by atoms with Crippen LogP contribution in [0.1, 0.15) is 17.3 Å². The Kier molecular flexibility index (Phi) is 5.06. The predicted molar refractivity (Wildman–Crippen MR) is 58.9 cm³/mol. The fraction of sp³-hybridized carbons (Fsp3) is 0.333. The molecule has 110 valence electrons.